The molecule has 4 atom stereocenters. The van der Waals surface area contributed by atoms with E-state index in [2.05, 4.69) is 4.52 Å². The van der Waals surface area contributed by atoms with Crippen LogP contribution >= 0.6 is 9.47 Å². The van der Waals surface area contributed by atoms with E-state index in [0.717, 1.165) is 15.5 Å². The van der Waals surface area contributed by atoms with Gasteiger partial charge >= 0.3 is 12.4 Å². The van der Waals surface area contributed by atoms with Crippen LogP contribution in [0.1, 0.15) is 12.8 Å². The molecule has 0 aromatic heterocycles. The summed E-state index contributed by atoms with van der Waals surface area (Å²) < 4.78 is 96.2. The molecule has 19 heavy (non-hydrogen) atoms. The molecule has 0 aromatic rings. The van der Waals surface area contributed by atoms with Crippen LogP contribution in [0.5, 0.6) is 0 Å². The second-order valence-electron chi connectivity index (χ2n) is 4.85. The Morgan fingerprint density at radius 2 is 1.58 bits per heavy atom. The van der Waals surface area contributed by atoms with Crippen LogP contribution in [0, 0.1) is 11.8 Å². The highest BCUT2D eigenvalue weighted by Gasteiger charge is 2.84. The molecule has 2 bridgehead atoms. The molecule has 110 valence electrons. The van der Waals surface area contributed by atoms with Gasteiger partial charge in [0.1, 0.15) is 0 Å². The van der Waals surface area contributed by atoms with E-state index in [1.165, 1.54) is 6.08 Å². The third-order valence-electron chi connectivity index (χ3n) is 3.88. The second kappa shape index (κ2) is 4.07. The molecule has 0 aromatic carbocycles. The van der Waals surface area contributed by atoms with Gasteiger partial charge in [0, 0.05) is 15.4 Å². The lowest BCUT2D eigenvalue weighted by Gasteiger charge is -2.46. The zero-order valence-electron chi connectivity index (χ0n) is 9.35. The Morgan fingerprint density at radius 3 is 1.84 bits per heavy atom. The molecule has 1 nitrogen and oxygen atoms in total. The van der Waals surface area contributed by atoms with Crippen LogP contribution in [0.15, 0.2) is 12.2 Å². The summed E-state index contributed by atoms with van der Waals surface area (Å²) in [6.45, 7) is 0. The Labute approximate surface area is 106 Å². The van der Waals surface area contributed by atoms with E-state index >= 15 is 0 Å². The predicted molar refractivity (Wildman–Crippen MR) is 54.8 cm³/mol. The van der Waals surface area contributed by atoms with Crippen LogP contribution in [0.4, 0.5) is 30.7 Å². The van der Waals surface area contributed by atoms with E-state index in [1.807, 2.05) is 0 Å². The van der Waals surface area contributed by atoms with Gasteiger partial charge in [-0.25, -0.2) is 4.39 Å². The Balaban J connectivity index is 2.59. The number of hydrogen-bond donors (Lipinski definition) is 0. The first-order valence-electron chi connectivity index (χ1n) is 5.38. The molecule has 0 amide bonds. The summed E-state index contributed by atoms with van der Waals surface area (Å²) in [6, 6.07) is 0. The molecule has 1 saturated carbocycles. The van der Waals surface area contributed by atoms with Crippen molar-refractivity contribution >= 4 is 9.47 Å². The third kappa shape index (κ3) is 1.75. The fourth-order valence-electron chi connectivity index (χ4n) is 3.07. The van der Waals surface area contributed by atoms with E-state index in [-0.39, 0.29) is 6.42 Å². The van der Waals surface area contributed by atoms with Crippen LogP contribution in [0.2, 0.25) is 0 Å². The van der Waals surface area contributed by atoms with Gasteiger partial charge < -0.3 is 4.52 Å². The predicted octanol–water partition coefficient (Wildman–Crippen LogP) is 3.96. The van der Waals surface area contributed by atoms with Gasteiger partial charge in [0.05, 0.1) is 0 Å². The van der Waals surface area contributed by atoms with Crippen LogP contribution in [-0.2, 0) is 4.52 Å². The monoisotopic (exact) mass is 310 g/mol. The van der Waals surface area contributed by atoms with Crippen LogP contribution < -0.4 is 0 Å². The summed E-state index contributed by atoms with van der Waals surface area (Å²) in [5.74, 6) is -2.06. The van der Waals surface area contributed by atoms with Gasteiger partial charge in [0.2, 0.25) is 0 Å². The molecule has 0 aliphatic heterocycles. The molecule has 0 spiro atoms. The fourth-order valence-corrected chi connectivity index (χ4v) is 3.53. The Bertz CT molecular complexity index is 388. The van der Waals surface area contributed by atoms with E-state index in [0.29, 0.717) is 0 Å². The molecule has 0 saturated heterocycles. The average Bonchev–Trinajstić information content (AvgIpc) is 2.73. The maximum absolute atomic E-state index is 14.7. The van der Waals surface area contributed by atoms with E-state index < -0.39 is 41.9 Å². The number of allylic oxidation sites excluding steroid dienone is 2. The van der Waals surface area contributed by atoms with E-state index in [9.17, 15) is 30.7 Å². The Morgan fingerprint density at radius 1 is 1.05 bits per heavy atom. The highest BCUT2D eigenvalue weighted by Crippen LogP contribution is 2.64. The lowest BCUT2D eigenvalue weighted by molar-refractivity contribution is -0.392. The van der Waals surface area contributed by atoms with Crippen molar-refractivity contribution in [2.24, 2.45) is 11.8 Å². The minimum absolute atomic E-state index is 0.0571. The third-order valence-corrected chi connectivity index (χ3v) is 4.23. The molecule has 2 aliphatic carbocycles. The first-order chi connectivity index (χ1) is 8.49. The lowest BCUT2D eigenvalue weighted by Crippen LogP contribution is -2.70. The van der Waals surface area contributed by atoms with Crippen molar-refractivity contribution in [3.8, 4) is 0 Å². The molecule has 2 aliphatic rings. The minimum Gasteiger partial charge on any atom is -0.339 e. The maximum atomic E-state index is 14.7. The lowest BCUT2D eigenvalue weighted by atomic mass is 9.74. The first kappa shape index (κ1) is 15.0. The summed E-state index contributed by atoms with van der Waals surface area (Å²) in [6.07, 6.45) is -10.2. The van der Waals surface area contributed by atoms with E-state index in [1.54, 1.807) is 0 Å². The second-order valence-corrected chi connectivity index (χ2v) is 5.08. The van der Waals surface area contributed by atoms with Gasteiger partial charge in [-0.05, 0) is 18.8 Å². The van der Waals surface area contributed by atoms with Gasteiger partial charge in [-0.15, -0.1) is 0 Å². The quantitative estimate of drug-likeness (QED) is 0.426. The molecule has 0 N–H and O–H groups in total. The molecule has 9 heteroatoms. The summed E-state index contributed by atoms with van der Waals surface area (Å²) >= 11 is 0. The van der Waals surface area contributed by atoms with Gasteiger partial charge in [0.15, 0.2) is 5.67 Å². The molecule has 0 heterocycles. The molecule has 4 unspecified atom stereocenters. The van der Waals surface area contributed by atoms with Gasteiger partial charge in [0.25, 0.3) is 5.60 Å². The average molecular weight is 310 g/mol. The SMILES string of the molecule is FC(F)(F)C(OP)(C(F)(F)F)C1(F)CC2C=CC1C2. The standard InChI is InChI=1S/C10H10F7OP/c11-7(4-5-1-2-6(7)3-5)8(18-19,9(12,13)14)10(15,16)17/h1-2,5-6H,3-4,19H2. The molecule has 2 rings (SSSR count). The molecular formula is C10H10F7OP. The van der Waals surface area contributed by atoms with Gasteiger partial charge in [-0.3, -0.25) is 0 Å². The highest BCUT2D eigenvalue weighted by molar-refractivity contribution is 7.09. The summed E-state index contributed by atoms with van der Waals surface area (Å²) in [7, 11) is 0.919. The molecular weight excluding hydrogens is 300 g/mol. The van der Waals surface area contributed by atoms with Gasteiger partial charge in [-0.2, -0.15) is 26.3 Å². The van der Waals surface area contributed by atoms with Crippen molar-refractivity contribution in [2.75, 3.05) is 0 Å². The number of alkyl halides is 7. The number of halogens is 7. The summed E-state index contributed by atoms with van der Waals surface area (Å²) in [5, 5.41) is 0. The van der Waals surface area contributed by atoms with Gasteiger partial charge in [-0.1, -0.05) is 12.2 Å². The number of fused-ring (bicyclic) bond motifs is 2. The highest BCUT2D eigenvalue weighted by atomic mass is 31.0. The topological polar surface area (TPSA) is 9.23 Å². The van der Waals surface area contributed by atoms with Crippen molar-refractivity contribution in [1.82, 2.24) is 0 Å². The zero-order valence-corrected chi connectivity index (χ0v) is 10.5. The first-order valence-corrected chi connectivity index (χ1v) is 5.85. The number of hydrogen-bond acceptors (Lipinski definition) is 1. The van der Waals surface area contributed by atoms with Crippen molar-refractivity contribution in [3.63, 3.8) is 0 Å². The number of rotatable bonds is 2. The van der Waals surface area contributed by atoms with Crippen LogP contribution in [0.25, 0.3) is 0 Å². The Kier molecular flexibility index (Phi) is 3.22. The summed E-state index contributed by atoms with van der Waals surface area (Å²) in [4.78, 5) is 0. The van der Waals surface area contributed by atoms with Crippen LogP contribution in [0.3, 0.4) is 0 Å². The summed E-state index contributed by atoms with van der Waals surface area (Å²) in [5.41, 5.74) is -8.35. The van der Waals surface area contributed by atoms with Crippen molar-refractivity contribution < 1.29 is 35.3 Å². The maximum Gasteiger partial charge on any atom is 0.430 e. The van der Waals surface area contributed by atoms with Crippen LogP contribution in [-0.4, -0.2) is 23.6 Å². The largest absolute Gasteiger partial charge is 0.430 e. The Hall–Kier alpha value is -0.360. The smallest absolute Gasteiger partial charge is 0.339 e. The van der Waals surface area contributed by atoms with Crippen molar-refractivity contribution in [2.45, 2.75) is 36.5 Å². The molecule has 1 fully saturated rings. The van der Waals surface area contributed by atoms with Crippen molar-refractivity contribution in [1.29, 1.82) is 0 Å². The van der Waals surface area contributed by atoms with E-state index in [4.69, 9.17) is 0 Å². The fraction of sp³-hybridized carbons (Fsp3) is 0.800. The van der Waals surface area contributed by atoms with Crippen molar-refractivity contribution in [3.05, 3.63) is 12.2 Å². The normalized spacial score (nSPS) is 35.2. The zero-order chi connectivity index (χ0) is 14.7. The minimum atomic E-state index is -5.90. The molecule has 0 radical (unpaired) electrons.